The number of amides is 2. The molecule has 0 radical (unpaired) electrons. The fourth-order valence-electron chi connectivity index (χ4n) is 1.25. The van der Waals surface area contributed by atoms with Crippen molar-refractivity contribution >= 4 is 23.3 Å². The molecule has 0 aliphatic carbocycles. The standard InChI is InChI=1S/C10H11ClN2O/c1-7-6-13(7)10(14)12-9-4-2-8(11)3-5-9/h2-5,7H,6H2,1H3,(H,12,14)/t7-,13?/m0/s1. The van der Waals surface area contributed by atoms with Gasteiger partial charge in [-0.1, -0.05) is 11.6 Å². The zero-order valence-corrected chi connectivity index (χ0v) is 8.58. The summed E-state index contributed by atoms with van der Waals surface area (Å²) >= 11 is 5.72. The van der Waals surface area contributed by atoms with Gasteiger partial charge >= 0.3 is 6.03 Å². The molecule has 4 heteroatoms. The highest BCUT2D eigenvalue weighted by Crippen LogP contribution is 2.19. The molecule has 3 nitrogen and oxygen atoms in total. The molecule has 0 unspecified atom stereocenters. The Kier molecular flexibility index (Phi) is 2.33. The van der Waals surface area contributed by atoms with Crippen LogP contribution < -0.4 is 5.32 Å². The first-order valence-corrected chi connectivity index (χ1v) is 4.88. The molecule has 1 aromatic carbocycles. The van der Waals surface area contributed by atoms with Gasteiger partial charge in [0, 0.05) is 23.3 Å². The molecule has 2 rings (SSSR count). The molecule has 1 aromatic rings. The monoisotopic (exact) mass is 210 g/mol. The van der Waals surface area contributed by atoms with Gasteiger partial charge in [0.05, 0.1) is 0 Å². The van der Waals surface area contributed by atoms with Crippen LogP contribution in [0.3, 0.4) is 0 Å². The summed E-state index contributed by atoms with van der Waals surface area (Å²) in [5, 5.41) is 3.46. The van der Waals surface area contributed by atoms with Gasteiger partial charge in [0.25, 0.3) is 0 Å². The third-order valence-electron chi connectivity index (χ3n) is 2.22. The lowest BCUT2D eigenvalue weighted by Crippen LogP contribution is -2.19. The minimum absolute atomic E-state index is 0.0418. The Labute approximate surface area is 87.7 Å². The molecular weight excluding hydrogens is 200 g/mol. The molecule has 0 saturated carbocycles. The minimum atomic E-state index is -0.0418. The number of carbonyl (C=O) groups is 1. The predicted molar refractivity (Wildman–Crippen MR) is 56.6 cm³/mol. The number of benzene rings is 1. The summed E-state index contributed by atoms with van der Waals surface area (Å²) < 4.78 is 0. The Morgan fingerprint density at radius 3 is 2.57 bits per heavy atom. The SMILES string of the molecule is C[C@H]1CN1C(=O)Nc1ccc(Cl)cc1. The summed E-state index contributed by atoms with van der Waals surface area (Å²) in [6.45, 7) is 2.86. The van der Waals surface area contributed by atoms with E-state index in [0.29, 0.717) is 11.1 Å². The summed E-state index contributed by atoms with van der Waals surface area (Å²) in [5.41, 5.74) is 0.776. The van der Waals surface area contributed by atoms with Gasteiger partial charge in [-0.2, -0.15) is 0 Å². The number of nitrogens with one attached hydrogen (secondary N) is 1. The number of hydrogen-bond donors (Lipinski definition) is 1. The topological polar surface area (TPSA) is 32.1 Å². The number of nitrogens with zero attached hydrogens (tertiary/aromatic N) is 1. The molecule has 1 aliphatic rings. The van der Waals surface area contributed by atoms with Crippen LogP contribution in [0.1, 0.15) is 6.92 Å². The first-order chi connectivity index (χ1) is 6.66. The molecule has 1 fully saturated rings. The number of carbonyl (C=O) groups excluding carboxylic acids is 1. The Morgan fingerprint density at radius 2 is 2.07 bits per heavy atom. The quantitative estimate of drug-likeness (QED) is 0.710. The predicted octanol–water partition coefficient (Wildman–Crippen LogP) is 2.58. The highest BCUT2D eigenvalue weighted by molar-refractivity contribution is 6.30. The van der Waals surface area contributed by atoms with E-state index in [9.17, 15) is 4.79 Å². The number of rotatable bonds is 1. The second-order valence-corrected chi connectivity index (χ2v) is 3.87. The van der Waals surface area contributed by atoms with Crippen LogP contribution in [-0.4, -0.2) is 23.5 Å². The zero-order valence-electron chi connectivity index (χ0n) is 7.83. The van der Waals surface area contributed by atoms with Crippen molar-refractivity contribution < 1.29 is 4.79 Å². The Hall–Kier alpha value is -1.22. The van der Waals surface area contributed by atoms with Crippen LogP contribution in [0.2, 0.25) is 5.02 Å². The van der Waals surface area contributed by atoms with E-state index in [2.05, 4.69) is 5.32 Å². The van der Waals surface area contributed by atoms with E-state index in [0.717, 1.165) is 12.2 Å². The van der Waals surface area contributed by atoms with Crippen molar-refractivity contribution in [3.8, 4) is 0 Å². The normalized spacial score (nSPS) is 19.3. The van der Waals surface area contributed by atoms with Crippen molar-refractivity contribution in [1.82, 2.24) is 4.90 Å². The summed E-state index contributed by atoms with van der Waals surface area (Å²) in [6.07, 6.45) is 0. The molecule has 1 saturated heterocycles. The van der Waals surface area contributed by atoms with Gasteiger partial charge < -0.3 is 10.2 Å². The van der Waals surface area contributed by atoms with Gasteiger partial charge in [0.1, 0.15) is 0 Å². The van der Waals surface area contributed by atoms with Crippen molar-refractivity contribution in [3.63, 3.8) is 0 Å². The van der Waals surface area contributed by atoms with Gasteiger partial charge in [-0.15, -0.1) is 0 Å². The van der Waals surface area contributed by atoms with E-state index >= 15 is 0 Å². The number of halogens is 1. The summed E-state index contributed by atoms with van der Waals surface area (Å²) in [5.74, 6) is 0. The number of anilines is 1. The van der Waals surface area contributed by atoms with E-state index < -0.39 is 0 Å². The first kappa shape index (κ1) is 9.34. The average Bonchev–Trinajstić information content (AvgIpc) is 2.87. The van der Waals surface area contributed by atoms with Crippen molar-refractivity contribution in [2.24, 2.45) is 0 Å². The molecule has 74 valence electrons. The summed E-state index contributed by atoms with van der Waals surface area (Å²) in [7, 11) is 0. The zero-order chi connectivity index (χ0) is 10.1. The van der Waals surface area contributed by atoms with Gasteiger partial charge in [-0.3, -0.25) is 0 Å². The number of urea groups is 1. The molecule has 0 spiro atoms. The summed E-state index contributed by atoms with van der Waals surface area (Å²) in [4.78, 5) is 13.2. The van der Waals surface area contributed by atoms with Crippen LogP contribution in [0.25, 0.3) is 0 Å². The van der Waals surface area contributed by atoms with Crippen LogP contribution in [0, 0.1) is 0 Å². The smallest absolute Gasteiger partial charge is 0.318 e. The lowest BCUT2D eigenvalue weighted by Gasteiger charge is -2.05. The fraction of sp³-hybridized carbons (Fsp3) is 0.300. The second-order valence-electron chi connectivity index (χ2n) is 3.44. The second kappa shape index (κ2) is 3.50. The van der Waals surface area contributed by atoms with Crippen molar-refractivity contribution in [2.45, 2.75) is 13.0 Å². The van der Waals surface area contributed by atoms with E-state index in [-0.39, 0.29) is 6.03 Å². The lowest BCUT2D eigenvalue weighted by atomic mass is 10.3. The van der Waals surface area contributed by atoms with E-state index in [1.54, 1.807) is 29.2 Å². The molecule has 1 heterocycles. The molecule has 0 aromatic heterocycles. The Morgan fingerprint density at radius 1 is 1.50 bits per heavy atom. The Bertz CT molecular complexity index is 350. The average molecular weight is 211 g/mol. The molecule has 1 N–H and O–H groups in total. The highest BCUT2D eigenvalue weighted by Gasteiger charge is 2.33. The highest BCUT2D eigenvalue weighted by atomic mass is 35.5. The van der Waals surface area contributed by atoms with Crippen LogP contribution >= 0.6 is 11.6 Å². The number of hydrogen-bond acceptors (Lipinski definition) is 1. The third-order valence-corrected chi connectivity index (χ3v) is 2.47. The van der Waals surface area contributed by atoms with Crippen LogP contribution in [0.15, 0.2) is 24.3 Å². The van der Waals surface area contributed by atoms with Gasteiger partial charge in [0.15, 0.2) is 0 Å². The maximum absolute atomic E-state index is 11.5. The van der Waals surface area contributed by atoms with Gasteiger partial charge in [-0.05, 0) is 31.2 Å². The third kappa shape index (κ3) is 1.99. The van der Waals surface area contributed by atoms with Crippen molar-refractivity contribution in [1.29, 1.82) is 0 Å². The first-order valence-electron chi connectivity index (χ1n) is 4.50. The summed E-state index contributed by atoms with van der Waals surface area (Å²) in [6, 6.07) is 7.41. The molecule has 0 bridgehead atoms. The van der Waals surface area contributed by atoms with Crippen LogP contribution in [0.4, 0.5) is 10.5 Å². The van der Waals surface area contributed by atoms with E-state index in [4.69, 9.17) is 11.6 Å². The lowest BCUT2D eigenvalue weighted by molar-refractivity contribution is 0.240. The largest absolute Gasteiger partial charge is 0.322 e. The molecule has 1 atom stereocenters. The van der Waals surface area contributed by atoms with E-state index in [1.807, 2.05) is 6.92 Å². The van der Waals surface area contributed by atoms with Gasteiger partial charge in [-0.25, -0.2) is 4.79 Å². The molecule has 2 amide bonds. The Balaban J connectivity index is 1.97. The maximum Gasteiger partial charge on any atom is 0.322 e. The van der Waals surface area contributed by atoms with Crippen molar-refractivity contribution in [2.75, 3.05) is 11.9 Å². The van der Waals surface area contributed by atoms with E-state index in [1.165, 1.54) is 0 Å². The molecule has 14 heavy (non-hydrogen) atoms. The maximum atomic E-state index is 11.5. The molecular formula is C10H11ClN2O. The van der Waals surface area contributed by atoms with Crippen molar-refractivity contribution in [3.05, 3.63) is 29.3 Å². The van der Waals surface area contributed by atoms with Gasteiger partial charge in [0.2, 0.25) is 0 Å². The fourth-order valence-corrected chi connectivity index (χ4v) is 1.38. The van der Waals surface area contributed by atoms with Crippen LogP contribution in [0.5, 0.6) is 0 Å². The van der Waals surface area contributed by atoms with Crippen LogP contribution in [-0.2, 0) is 0 Å². The minimum Gasteiger partial charge on any atom is -0.318 e. The molecule has 1 aliphatic heterocycles.